The summed E-state index contributed by atoms with van der Waals surface area (Å²) >= 11 is 9.35. The van der Waals surface area contributed by atoms with Crippen LogP contribution >= 0.6 is 27.5 Å². The lowest BCUT2D eigenvalue weighted by Crippen LogP contribution is -2.47. The van der Waals surface area contributed by atoms with E-state index in [4.69, 9.17) is 16.3 Å². The molecule has 0 bridgehead atoms. The molecule has 0 saturated carbocycles. The zero-order valence-corrected chi connectivity index (χ0v) is 19.3. The Balaban J connectivity index is 2.14. The fraction of sp³-hybridized carbons (Fsp3) is 0.318. The summed E-state index contributed by atoms with van der Waals surface area (Å²) in [7, 11) is 1.51. The molecule has 30 heavy (non-hydrogen) atoms. The van der Waals surface area contributed by atoms with Crippen LogP contribution in [0.4, 0.5) is 0 Å². The molecule has 0 aliphatic carbocycles. The van der Waals surface area contributed by atoms with Crippen molar-refractivity contribution < 1.29 is 19.1 Å². The van der Waals surface area contributed by atoms with Crippen molar-refractivity contribution in [2.75, 3.05) is 12.4 Å². The minimum absolute atomic E-state index is 0.0283. The Bertz CT molecular complexity index is 916. The van der Waals surface area contributed by atoms with E-state index in [1.165, 1.54) is 13.1 Å². The molecule has 0 aliphatic heterocycles. The van der Waals surface area contributed by atoms with Crippen molar-refractivity contribution in [1.29, 1.82) is 0 Å². The molecule has 2 aromatic rings. The van der Waals surface area contributed by atoms with Crippen molar-refractivity contribution in [1.82, 2.24) is 10.6 Å². The highest BCUT2D eigenvalue weighted by Crippen LogP contribution is 2.26. The van der Waals surface area contributed by atoms with E-state index in [9.17, 15) is 14.4 Å². The van der Waals surface area contributed by atoms with Gasteiger partial charge in [0, 0.05) is 24.6 Å². The highest BCUT2D eigenvalue weighted by Gasteiger charge is 2.22. The molecule has 1 unspecified atom stereocenters. The first kappa shape index (κ1) is 23.9. The van der Waals surface area contributed by atoms with Gasteiger partial charge in [0.15, 0.2) is 5.78 Å². The molecule has 2 N–H and O–H groups in total. The minimum atomic E-state index is -0.786. The number of Topliss-reactive ketones (excluding diaryl/α,β-unsaturated/α-hetero) is 1. The standard InChI is InChI=1S/C22H24BrClN2O4/c1-13(2)30-20-9-8-16(11-17(20)24)21(28)26-18(22(29)25-3)10-14-4-6-15(7-5-14)19(27)12-23/h4-9,11,13,18H,10,12H2,1-3H3,(H,25,29)(H,26,28). The second-order valence-electron chi connectivity index (χ2n) is 6.91. The highest BCUT2D eigenvalue weighted by atomic mass is 79.9. The summed E-state index contributed by atoms with van der Waals surface area (Å²) in [6.07, 6.45) is 0.229. The van der Waals surface area contributed by atoms with Crippen molar-refractivity contribution in [2.24, 2.45) is 0 Å². The predicted octanol–water partition coefficient (Wildman–Crippen LogP) is 3.79. The average Bonchev–Trinajstić information content (AvgIpc) is 2.73. The number of nitrogens with one attached hydrogen (secondary N) is 2. The zero-order chi connectivity index (χ0) is 22.3. The average molecular weight is 496 g/mol. The second kappa shape index (κ2) is 11.1. The molecule has 0 fully saturated rings. The number of likely N-dealkylation sites (N-methyl/N-ethyl adjacent to an activating group) is 1. The van der Waals surface area contributed by atoms with Gasteiger partial charge in [-0.15, -0.1) is 0 Å². The Kier molecular flexibility index (Phi) is 8.87. The molecule has 2 rings (SSSR count). The van der Waals surface area contributed by atoms with Gasteiger partial charge in [0.05, 0.1) is 16.5 Å². The van der Waals surface area contributed by atoms with Gasteiger partial charge < -0.3 is 15.4 Å². The lowest BCUT2D eigenvalue weighted by molar-refractivity contribution is -0.122. The molecular weight excluding hydrogens is 472 g/mol. The fourth-order valence-corrected chi connectivity index (χ4v) is 3.31. The van der Waals surface area contributed by atoms with Crippen molar-refractivity contribution in [3.63, 3.8) is 0 Å². The lowest BCUT2D eigenvalue weighted by atomic mass is 10.0. The van der Waals surface area contributed by atoms with Crippen molar-refractivity contribution >= 4 is 45.1 Å². The van der Waals surface area contributed by atoms with Gasteiger partial charge in [-0.1, -0.05) is 51.8 Å². The third-order valence-electron chi connectivity index (χ3n) is 4.26. The van der Waals surface area contributed by atoms with Crippen LogP contribution in [0.5, 0.6) is 5.75 Å². The quantitative estimate of drug-likeness (QED) is 0.409. The lowest BCUT2D eigenvalue weighted by Gasteiger charge is -2.18. The van der Waals surface area contributed by atoms with E-state index in [0.29, 0.717) is 21.9 Å². The molecule has 2 amide bonds. The first-order chi connectivity index (χ1) is 14.2. The van der Waals surface area contributed by atoms with Crippen LogP contribution in [-0.4, -0.2) is 42.1 Å². The smallest absolute Gasteiger partial charge is 0.251 e. The van der Waals surface area contributed by atoms with E-state index < -0.39 is 11.9 Å². The summed E-state index contributed by atoms with van der Waals surface area (Å²) in [4.78, 5) is 36.7. The maximum atomic E-state index is 12.7. The van der Waals surface area contributed by atoms with Crippen LogP contribution < -0.4 is 15.4 Å². The van der Waals surface area contributed by atoms with Gasteiger partial charge in [-0.2, -0.15) is 0 Å². The van der Waals surface area contributed by atoms with Crippen LogP contribution in [0.3, 0.4) is 0 Å². The second-order valence-corrected chi connectivity index (χ2v) is 7.88. The number of ether oxygens (including phenoxy) is 1. The molecule has 0 saturated heterocycles. The predicted molar refractivity (Wildman–Crippen MR) is 121 cm³/mol. The van der Waals surface area contributed by atoms with Gasteiger partial charge >= 0.3 is 0 Å². The molecule has 6 nitrogen and oxygen atoms in total. The molecule has 0 aliphatic rings. The van der Waals surface area contributed by atoms with Crippen LogP contribution in [0, 0.1) is 0 Å². The summed E-state index contributed by atoms with van der Waals surface area (Å²) in [6.45, 7) is 3.76. The van der Waals surface area contributed by atoms with Gasteiger partial charge in [-0.3, -0.25) is 14.4 Å². The van der Waals surface area contributed by atoms with Gasteiger partial charge in [-0.25, -0.2) is 0 Å². The zero-order valence-electron chi connectivity index (χ0n) is 17.0. The Morgan fingerprint density at radius 1 is 1.07 bits per heavy atom. The number of hydrogen-bond donors (Lipinski definition) is 2. The third kappa shape index (κ3) is 6.57. The molecule has 0 heterocycles. The Labute approximate surface area is 189 Å². The van der Waals surface area contributed by atoms with Crippen LogP contribution in [0.15, 0.2) is 42.5 Å². The Morgan fingerprint density at radius 2 is 1.70 bits per heavy atom. The van der Waals surface area contributed by atoms with Gasteiger partial charge in [0.1, 0.15) is 11.8 Å². The molecule has 8 heteroatoms. The number of benzene rings is 2. The van der Waals surface area contributed by atoms with E-state index in [-0.39, 0.29) is 29.5 Å². The number of carbonyl (C=O) groups excluding carboxylic acids is 3. The minimum Gasteiger partial charge on any atom is -0.489 e. The number of carbonyl (C=O) groups is 3. The molecular formula is C22H24BrClN2O4. The fourth-order valence-electron chi connectivity index (χ4n) is 2.76. The first-order valence-electron chi connectivity index (χ1n) is 9.42. The van der Waals surface area contributed by atoms with E-state index in [2.05, 4.69) is 26.6 Å². The van der Waals surface area contributed by atoms with Crippen molar-refractivity contribution in [3.8, 4) is 5.75 Å². The summed E-state index contributed by atoms with van der Waals surface area (Å²) in [5, 5.41) is 5.87. The van der Waals surface area contributed by atoms with Crippen molar-refractivity contribution in [2.45, 2.75) is 32.4 Å². The summed E-state index contributed by atoms with van der Waals surface area (Å²) < 4.78 is 5.58. The third-order valence-corrected chi connectivity index (χ3v) is 5.07. The normalized spacial score (nSPS) is 11.7. The van der Waals surface area contributed by atoms with Gasteiger partial charge in [0.25, 0.3) is 5.91 Å². The SMILES string of the molecule is CNC(=O)C(Cc1ccc(C(=O)CBr)cc1)NC(=O)c1ccc(OC(C)C)c(Cl)c1. The van der Waals surface area contributed by atoms with E-state index in [0.717, 1.165) is 5.56 Å². The topological polar surface area (TPSA) is 84.5 Å². The van der Waals surface area contributed by atoms with Crippen molar-refractivity contribution in [3.05, 3.63) is 64.2 Å². The van der Waals surface area contributed by atoms with E-state index in [1.807, 2.05) is 13.8 Å². The number of halogens is 2. The summed E-state index contributed by atoms with van der Waals surface area (Å²) in [5.74, 6) is -0.286. The van der Waals surface area contributed by atoms with Crippen LogP contribution in [-0.2, 0) is 11.2 Å². The number of ketones is 1. The largest absolute Gasteiger partial charge is 0.489 e. The number of rotatable bonds is 9. The monoisotopic (exact) mass is 494 g/mol. The summed E-state index contributed by atoms with van der Waals surface area (Å²) in [5.41, 5.74) is 1.71. The highest BCUT2D eigenvalue weighted by molar-refractivity contribution is 9.09. The molecule has 160 valence electrons. The number of alkyl halides is 1. The van der Waals surface area contributed by atoms with Gasteiger partial charge in [0.2, 0.25) is 5.91 Å². The molecule has 0 spiro atoms. The molecule has 2 aromatic carbocycles. The van der Waals surface area contributed by atoms with Crippen LogP contribution in [0.2, 0.25) is 5.02 Å². The van der Waals surface area contributed by atoms with Crippen LogP contribution in [0.1, 0.15) is 40.1 Å². The number of hydrogen-bond acceptors (Lipinski definition) is 4. The summed E-state index contributed by atoms with van der Waals surface area (Å²) in [6, 6.07) is 10.9. The maximum absolute atomic E-state index is 12.7. The van der Waals surface area contributed by atoms with Crippen LogP contribution in [0.25, 0.3) is 0 Å². The molecule has 1 atom stereocenters. The number of amides is 2. The molecule has 0 aromatic heterocycles. The first-order valence-corrected chi connectivity index (χ1v) is 10.9. The maximum Gasteiger partial charge on any atom is 0.251 e. The Morgan fingerprint density at radius 3 is 2.23 bits per heavy atom. The Hall–Kier alpha value is -2.38. The molecule has 0 radical (unpaired) electrons. The van der Waals surface area contributed by atoms with E-state index in [1.54, 1.807) is 36.4 Å². The van der Waals surface area contributed by atoms with Gasteiger partial charge in [-0.05, 0) is 37.6 Å². The van der Waals surface area contributed by atoms with E-state index >= 15 is 0 Å².